The van der Waals surface area contributed by atoms with Crippen LogP contribution in [0.1, 0.15) is 34.7 Å². The molecule has 2 nitrogen and oxygen atoms in total. The summed E-state index contributed by atoms with van der Waals surface area (Å²) in [6, 6.07) is 2.01. The van der Waals surface area contributed by atoms with Crippen LogP contribution in [0, 0.1) is 11.6 Å². The minimum atomic E-state index is -0.971. The smallest absolute Gasteiger partial charge is 0.255 e. The average molecular weight is 274 g/mol. The summed E-state index contributed by atoms with van der Waals surface area (Å²) in [5.41, 5.74) is -0.0480. The molecule has 98 valence electrons. The summed E-state index contributed by atoms with van der Waals surface area (Å²) in [7, 11) is 2.00. The Morgan fingerprint density at radius 3 is 2.44 bits per heavy atom. The largest absolute Gasteiger partial charge is 0.306 e. The lowest BCUT2D eigenvalue weighted by molar-refractivity contribution is 0.107. The van der Waals surface area contributed by atoms with E-state index >= 15 is 0 Å². The molecule has 2 rings (SSSR count). The van der Waals surface area contributed by atoms with E-state index in [1.54, 1.807) is 0 Å². The molecule has 5 heteroatoms. The predicted octanol–water partition coefficient (Wildman–Crippen LogP) is 3.15. The molecule has 1 heterocycles. The fourth-order valence-electron chi connectivity index (χ4n) is 2.35. The minimum absolute atomic E-state index is 0.00942. The molecule has 1 aromatic carbocycles. The Bertz CT molecular complexity index is 470. The van der Waals surface area contributed by atoms with Gasteiger partial charge in [0.2, 0.25) is 0 Å². The number of benzene rings is 1. The Hall–Kier alpha value is -1.00. The Labute approximate surface area is 110 Å². The molecule has 0 N–H and O–H groups in total. The molecular formula is C13H14ClF2NO. The van der Waals surface area contributed by atoms with Gasteiger partial charge >= 0.3 is 0 Å². The molecule has 1 saturated heterocycles. The van der Waals surface area contributed by atoms with E-state index < -0.39 is 22.4 Å². The van der Waals surface area contributed by atoms with Gasteiger partial charge in [-0.15, -0.1) is 0 Å². The zero-order valence-electron chi connectivity index (χ0n) is 10.0. The van der Waals surface area contributed by atoms with E-state index in [0.29, 0.717) is 5.56 Å². The Kier molecular flexibility index (Phi) is 3.97. The molecule has 0 aliphatic carbocycles. The summed E-state index contributed by atoms with van der Waals surface area (Å²) in [4.78, 5) is 13.1. The van der Waals surface area contributed by atoms with Crippen LogP contribution in [-0.2, 0) is 0 Å². The third-order valence-electron chi connectivity index (χ3n) is 3.46. The summed E-state index contributed by atoms with van der Waals surface area (Å²) in [6.45, 7) is 1.73. The first-order chi connectivity index (χ1) is 8.49. The normalized spacial score (nSPS) is 18.0. The van der Waals surface area contributed by atoms with Gasteiger partial charge in [0.15, 0.2) is 0 Å². The molecule has 0 spiro atoms. The van der Waals surface area contributed by atoms with Crippen molar-refractivity contribution in [2.24, 2.45) is 0 Å². The van der Waals surface area contributed by atoms with Crippen LogP contribution >= 0.6 is 11.6 Å². The van der Waals surface area contributed by atoms with Gasteiger partial charge in [0.1, 0.15) is 11.6 Å². The topological polar surface area (TPSA) is 20.3 Å². The lowest BCUT2D eigenvalue weighted by Gasteiger charge is -2.29. The van der Waals surface area contributed by atoms with Gasteiger partial charge in [-0.3, -0.25) is 4.79 Å². The van der Waals surface area contributed by atoms with E-state index in [0.717, 1.165) is 38.1 Å². The number of hydrogen-bond acceptors (Lipinski definition) is 2. The molecule has 1 aliphatic rings. The van der Waals surface area contributed by atoms with E-state index in [1.165, 1.54) is 0 Å². The first kappa shape index (κ1) is 13.4. The molecule has 18 heavy (non-hydrogen) atoms. The maximum absolute atomic E-state index is 13.9. The van der Waals surface area contributed by atoms with Gasteiger partial charge in [-0.05, 0) is 68.2 Å². The molecule has 1 aromatic rings. The number of likely N-dealkylation sites (tertiary alicyclic amines) is 1. The van der Waals surface area contributed by atoms with Gasteiger partial charge in [0.05, 0.1) is 5.56 Å². The van der Waals surface area contributed by atoms with E-state index in [2.05, 4.69) is 4.90 Å². The highest BCUT2D eigenvalue weighted by Crippen LogP contribution is 2.31. The van der Waals surface area contributed by atoms with Crippen LogP contribution in [0.25, 0.3) is 0 Å². The van der Waals surface area contributed by atoms with E-state index in [9.17, 15) is 13.6 Å². The van der Waals surface area contributed by atoms with Crippen molar-refractivity contribution in [3.05, 3.63) is 34.9 Å². The van der Waals surface area contributed by atoms with Crippen molar-refractivity contribution in [1.29, 1.82) is 0 Å². The van der Waals surface area contributed by atoms with E-state index in [-0.39, 0.29) is 5.92 Å². The minimum Gasteiger partial charge on any atom is -0.306 e. The molecule has 0 unspecified atom stereocenters. The van der Waals surface area contributed by atoms with Crippen molar-refractivity contribution in [3.8, 4) is 0 Å². The summed E-state index contributed by atoms with van der Waals surface area (Å²) in [5.74, 6) is -1.28. The van der Waals surface area contributed by atoms with Crippen LogP contribution in [0.4, 0.5) is 8.78 Å². The van der Waals surface area contributed by atoms with Gasteiger partial charge in [-0.2, -0.15) is 0 Å². The standard InChI is InChI=1S/C13H14ClF2NO/c1-17-4-2-8(3-5-17)9-6-12(16)10(13(14)18)7-11(9)15/h6-8H,2-5H2,1H3. The van der Waals surface area contributed by atoms with Gasteiger partial charge in [0, 0.05) is 0 Å². The summed E-state index contributed by atoms with van der Waals surface area (Å²) < 4.78 is 27.5. The van der Waals surface area contributed by atoms with Crippen LogP contribution in [-0.4, -0.2) is 30.3 Å². The molecule has 1 aliphatic heterocycles. The lowest BCUT2D eigenvalue weighted by atomic mass is 9.88. The van der Waals surface area contributed by atoms with Crippen molar-refractivity contribution in [1.82, 2.24) is 4.90 Å². The van der Waals surface area contributed by atoms with Crippen LogP contribution in [0.3, 0.4) is 0 Å². The van der Waals surface area contributed by atoms with Gasteiger partial charge < -0.3 is 4.90 Å². The van der Waals surface area contributed by atoms with E-state index in [1.807, 2.05) is 7.05 Å². The fourth-order valence-corrected chi connectivity index (χ4v) is 2.49. The van der Waals surface area contributed by atoms with Crippen LogP contribution in [0.15, 0.2) is 12.1 Å². The third kappa shape index (κ3) is 2.70. The Morgan fingerprint density at radius 2 is 1.89 bits per heavy atom. The molecular weight excluding hydrogens is 260 g/mol. The Balaban J connectivity index is 2.29. The maximum atomic E-state index is 13.9. The first-order valence-corrected chi connectivity index (χ1v) is 6.24. The number of hydrogen-bond donors (Lipinski definition) is 0. The third-order valence-corrected chi connectivity index (χ3v) is 3.66. The van der Waals surface area contributed by atoms with Gasteiger partial charge in [0.25, 0.3) is 5.24 Å². The fraction of sp³-hybridized carbons (Fsp3) is 0.462. The quantitative estimate of drug-likeness (QED) is 0.772. The summed E-state index contributed by atoms with van der Waals surface area (Å²) in [5, 5.41) is -0.971. The molecule has 0 amide bonds. The second kappa shape index (κ2) is 5.33. The van der Waals surface area contributed by atoms with Crippen molar-refractivity contribution in [3.63, 3.8) is 0 Å². The maximum Gasteiger partial charge on any atom is 0.255 e. The predicted molar refractivity (Wildman–Crippen MR) is 66.0 cm³/mol. The summed E-state index contributed by atoms with van der Waals surface area (Å²) in [6.07, 6.45) is 1.59. The second-order valence-corrected chi connectivity index (χ2v) is 5.05. The number of nitrogens with zero attached hydrogens (tertiary/aromatic N) is 1. The van der Waals surface area contributed by atoms with Gasteiger partial charge in [-0.25, -0.2) is 8.78 Å². The highest BCUT2D eigenvalue weighted by atomic mass is 35.5. The van der Waals surface area contributed by atoms with Crippen LogP contribution < -0.4 is 0 Å². The molecule has 0 radical (unpaired) electrons. The number of halogens is 3. The zero-order chi connectivity index (χ0) is 13.3. The first-order valence-electron chi connectivity index (χ1n) is 5.86. The molecule has 0 saturated carbocycles. The van der Waals surface area contributed by atoms with Crippen LogP contribution in [0.5, 0.6) is 0 Å². The van der Waals surface area contributed by atoms with E-state index in [4.69, 9.17) is 11.6 Å². The molecule has 0 atom stereocenters. The van der Waals surface area contributed by atoms with Crippen molar-refractivity contribution in [2.75, 3.05) is 20.1 Å². The zero-order valence-corrected chi connectivity index (χ0v) is 10.8. The SMILES string of the molecule is CN1CCC(c2cc(F)c(C(=O)Cl)cc2F)CC1. The number of rotatable bonds is 2. The van der Waals surface area contributed by atoms with Crippen molar-refractivity contribution >= 4 is 16.8 Å². The van der Waals surface area contributed by atoms with Crippen molar-refractivity contribution in [2.45, 2.75) is 18.8 Å². The highest BCUT2D eigenvalue weighted by molar-refractivity contribution is 6.67. The average Bonchev–Trinajstić information content (AvgIpc) is 2.32. The second-order valence-electron chi connectivity index (χ2n) is 4.70. The lowest BCUT2D eigenvalue weighted by Crippen LogP contribution is -2.29. The van der Waals surface area contributed by atoms with Gasteiger partial charge in [-0.1, -0.05) is 0 Å². The summed E-state index contributed by atoms with van der Waals surface area (Å²) >= 11 is 5.19. The highest BCUT2D eigenvalue weighted by Gasteiger charge is 2.23. The monoisotopic (exact) mass is 273 g/mol. The number of piperidine rings is 1. The molecule has 0 aromatic heterocycles. The Morgan fingerprint density at radius 1 is 1.28 bits per heavy atom. The number of carbonyl (C=O) groups is 1. The molecule has 0 bridgehead atoms. The van der Waals surface area contributed by atoms with Crippen molar-refractivity contribution < 1.29 is 13.6 Å². The van der Waals surface area contributed by atoms with Crippen LogP contribution in [0.2, 0.25) is 0 Å². The number of carbonyl (C=O) groups excluding carboxylic acids is 1. The molecule has 1 fully saturated rings.